The number of oxazole rings is 1. The van der Waals surface area contributed by atoms with E-state index in [1.807, 2.05) is 6.92 Å². The van der Waals surface area contributed by atoms with Crippen molar-refractivity contribution in [2.75, 3.05) is 0 Å². The monoisotopic (exact) mass is 390 g/mol. The van der Waals surface area contributed by atoms with E-state index >= 15 is 0 Å². The summed E-state index contributed by atoms with van der Waals surface area (Å²) in [5.41, 5.74) is 1.55. The molecule has 0 aliphatic heterocycles. The number of rotatable bonds is 8. The molecule has 1 heterocycles. The van der Waals surface area contributed by atoms with E-state index in [0.29, 0.717) is 23.1 Å². The van der Waals surface area contributed by atoms with Gasteiger partial charge in [-0.05, 0) is 24.6 Å². The number of carbonyl (C=O) groups is 1. The van der Waals surface area contributed by atoms with Gasteiger partial charge >= 0.3 is 12.4 Å². The predicted molar refractivity (Wildman–Crippen MR) is 99.3 cm³/mol. The number of nitrogens with zero attached hydrogens (tertiary/aromatic N) is 1. The molecule has 0 saturated heterocycles. The second-order valence-corrected chi connectivity index (χ2v) is 6.18. The molecule has 1 N–H and O–H groups in total. The first-order valence-electron chi connectivity index (χ1n) is 8.91. The third kappa shape index (κ3) is 4.39. The second-order valence-electron chi connectivity index (χ2n) is 6.18. The van der Waals surface area contributed by atoms with Gasteiger partial charge in [0, 0.05) is 18.5 Å². The summed E-state index contributed by atoms with van der Waals surface area (Å²) in [5, 5.41) is 2.82. The summed E-state index contributed by atoms with van der Waals surface area (Å²) in [6.45, 7) is -0.971. The molecule has 0 aliphatic carbocycles. The maximum absolute atomic E-state index is 12.6. The molecule has 6 nitrogen and oxygen atoms in total. The van der Waals surface area contributed by atoms with Crippen molar-refractivity contribution in [2.45, 2.75) is 39.0 Å². The third-order valence-electron chi connectivity index (χ3n) is 4.39. The number of carbonyl (C=O) groups excluding carboxylic acids is 1. The van der Waals surface area contributed by atoms with Crippen LogP contribution in [0.1, 0.15) is 31.4 Å². The number of hydrogen-bond acceptors (Lipinski definition) is 4. The van der Waals surface area contributed by atoms with Crippen molar-refractivity contribution in [3.63, 3.8) is 0 Å². The zero-order valence-electron chi connectivity index (χ0n) is 15.2. The fourth-order valence-corrected chi connectivity index (χ4v) is 3.08. The number of fused-ring (bicyclic) bond motifs is 1. The van der Waals surface area contributed by atoms with E-state index < -0.39 is 18.4 Å². The fraction of sp³-hybridized carbons (Fsp3) is 0.300. The Labute approximate surface area is 159 Å². The Morgan fingerprint density at radius 2 is 1.89 bits per heavy atom. The average molecular weight is 390 g/mol. The van der Waals surface area contributed by atoms with Crippen LogP contribution in [0.2, 0.25) is 0 Å². The maximum atomic E-state index is 12.6. The molecule has 1 atom stereocenters. The van der Waals surface area contributed by atoms with Crippen molar-refractivity contribution in [3.05, 3.63) is 64.6 Å². The predicted octanol–water partition coefficient (Wildman–Crippen LogP) is 3.85. The lowest BCUT2D eigenvalue weighted by molar-refractivity contribution is -0.122. The normalized spacial score (nSPS) is 12.3. The number of para-hydroxylation sites is 3. The van der Waals surface area contributed by atoms with E-state index in [4.69, 9.17) is 4.42 Å². The molecule has 148 valence electrons. The fourth-order valence-electron chi connectivity index (χ4n) is 3.08. The highest BCUT2D eigenvalue weighted by atomic mass is 19.3. The van der Waals surface area contributed by atoms with Crippen LogP contribution in [0.3, 0.4) is 0 Å². The summed E-state index contributed by atoms with van der Waals surface area (Å²) in [6, 6.07) is 12.8. The summed E-state index contributed by atoms with van der Waals surface area (Å²) < 4.78 is 36.3. The standard InChI is InChI=1S/C20H20F2N2O4/c1-2-14(13-7-3-5-9-16(13)27-19(21)22)23-18(25)11-12-24-15-8-4-6-10-17(15)28-20(24)26/h3-10,14,19H,2,11-12H2,1H3,(H,23,25). The molecule has 0 fully saturated rings. The number of alkyl halides is 2. The SMILES string of the molecule is CCC(NC(=O)CCn1c(=O)oc2ccccc21)c1ccccc1OC(F)F. The number of ether oxygens (including phenoxy) is 1. The highest BCUT2D eigenvalue weighted by molar-refractivity contribution is 5.77. The van der Waals surface area contributed by atoms with Crippen molar-refractivity contribution < 1.29 is 22.7 Å². The van der Waals surface area contributed by atoms with Crippen LogP contribution in [0.15, 0.2) is 57.7 Å². The lowest BCUT2D eigenvalue weighted by atomic mass is 10.0. The van der Waals surface area contributed by atoms with Crippen LogP contribution in [-0.2, 0) is 11.3 Å². The number of amides is 1. The molecule has 2 aromatic carbocycles. The van der Waals surface area contributed by atoms with Gasteiger partial charge in [0.2, 0.25) is 5.91 Å². The van der Waals surface area contributed by atoms with Crippen LogP contribution in [0.4, 0.5) is 8.78 Å². The van der Waals surface area contributed by atoms with Crippen LogP contribution in [-0.4, -0.2) is 17.1 Å². The first-order valence-corrected chi connectivity index (χ1v) is 8.91. The van der Waals surface area contributed by atoms with E-state index in [1.165, 1.54) is 10.6 Å². The molecule has 0 saturated carbocycles. The van der Waals surface area contributed by atoms with Crippen molar-refractivity contribution in [1.82, 2.24) is 9.88 Å². The van der Waals surface area contributed by atoms with Crippen LogP contribution in [0.5, 0.6) is 5.75 Å². The molecule has 0 spiro atoms. The van der Waals surface area contributed by atoms with E-state index in [1.54, 1.807) is 42.5 Å². The summed E-state index contributed by atoms with van der Waals surface area (Å²) >= 11 is 0. The number of halogens is 2. The highest BCUT2D eigenvalue weighted by Crippen LogP contribution is 2.28. The van der Waals surface area contributed by atoms with Crippen molar-refractivity contribution in [3.8, 4) is 5.75 Å². The topological polar surface area (TPSA) is 73.5 Å². The quantitative estimate of drug-likeness (QED) is 0.634. The van der Waals surface area contributed by atoms with E-state index in [-0.39, 0.29) is 24.6 Å². The molecule has 3 aromatic rings. The van der Waals surface area contributed by atoms with E-state index in [0.717, 1.165) is 0 Å². The summed E-state index contributed by atoms with van der Waals surface area (Å²) in [7, 11) is 0. The molecule has 1 amide bonds. The van der Waals surface area contributed by atoms with Gasteiger partial charge in [0.05, 0.1) is 11.6 Å². The number of aromatic nitrogens is 1. The van der Waals surface area contributed by atoms with Crippen LogP contribution in [0.25, 0.3) is 11.1 Å². The minimum Gasteiger partial charge on any atom is -0.434 e. The first kappa shape index (κ1) is 19.6. The molecule has 0 aliphatic rings. The Hall–Kier alpha value is -3.16. The zero-order valence-corrected chi connectivity index (χ0v) is 15.2. The van der Waals surface area contributed by atoms with Gasteiger partial charge in [-0.3, -0.25) is 9.36 Å². The molecule has 1 unspecified atom stereocenters. The van der Waals surface area contributed by atoms with Gasteiger partial charge in [0.25, 0.3) is 0 Å². The minimum atomic E-state index is -2.95. The van der Waals surface area contributed by atoms with Gasteiger partial charge in [-0.15, -0.1) is 0 Å². The van der Waals surface area contributed by atoms with Gasteiger partial charge in [0.1, 0.15) is 5.75 Å². The largest absolute Gasteiger partial charge is 0.434 e. The molecule has 0 radical (unpaired) electrons. The first-order chi connectivity index (χ1) is 13.5. The smallest absolute Gasteiger partial charge is 0.419 e. The van der Waals surface area contributed by atoms with E-state index in [2.05, 4.69) is 10.1 Å². The molecule has 28 heavy (non-hydrogen) atoms. The maximum Gasteiger partial charge on any atom is 0.419 e. The van der Waals surface area contributed by atoms with Crippen molar-refractivity contribution in [1.29, 1.82) is 0 Å². The Morgan fingerprint density at radius 1 is 1.18 bits per heavy atom. The summed E-state index contributed by atoms with van der Waals surface area (Å²) in [5.74, 6) is -0.811. The second kappa shape index (κ2) is 8.69. The van der Waals surface area contributed by atoms with Crippen LogP contribution >= 0.6 is 0 Å². The average Bonchev–Trinajstić information content (AvgIpc) is 2.99. The van der Waals surface area contributed by atoms with Crippen molar-refractivity contribution in [2.24, 2.45) is 0 Å². The zero-order chi connectivity index (χ0) is 20.1. The van der Waals surface area contributed by atoms with Gasteiger partial charge in [-0.2, -0.15) is 8.78 Å². The molecule has 0 bridgehead atoms. The third-order valence-corrected chi connectivity index (χ3v) is 4.39. The molecule has 8 heteroatoms. The number of hydrogen-bond donors (Lipinski definition) is 1. The summed E-state index contributed by atoms with van der Waals surface area (Å²) in [4.78, 5) is 24.4. The highest BCUT2D eigenvalue weighted by Gasteiger charge is 2.19. The molecular formula is C20H20F2N2O4. The lowest BCUT2D eigenvalue weighted by Crippen LogP contribution is -2.30. The Balaban J connectivity index is 1.70. The number of benzene rings is 2. The van der Waals surface area contributed by atoms with Crippen molar-refractivity contribution >= 4 is 17.0 Å². The van der Waals surface area contributed by atoms with Gasteiger partial charge in [0.15, 0.2) is 5.58 Å². The molecule has 1 aromatic heterocycles. The Morgan fingerprint density at radius 3 is 2.64 bits per heavy atom. The minimum absolute atomic E-state index is 0.0294. The summed E-state index contributed by atoms with van der Waals surface area (Å²) in [6.07, 6.45) is 0.530. The van der Waals surface area contributed by atoms with Crippen LogP contribution in [0, 0.1) is 0 Å². The number of nitrogens with one attached hydrogen (secondary N) is 1. The van der Waals surface area contributed by atoms with E-state index in [9.17, 15) is 18.4 Å². The Bertz CT molecular complexity index is 1010. The van der Waals surface area contributed by atoms with Gasteiger partial charge < -0.3 is 14.5 Å². The van der Waals surface area contributed by atoms with Gasteiger partial charge in [-0.25, -0.2) is 4.79 Å². The Kier molecular flexibility index (Phi) is 6.08. The number of aryl methyl sites for hydroxylation is 1. The van der Waals surface area contributed by atoms with Crippen LogP contribution < -0.4 is 15.8 Å². The lowest BCUT2D eigenvalue weighted by Gasteiger charge is -2.20. The van der Waals surface area contributed by atoms with Gasteiger partial charge in [-0.1, -0.05) is 37.3 Å². The molecular weight excluding hydrogens is 370 g/mol. The molecule has 3 rings (SSSR count).